The van der Waals surface area contributed by atoms with E-state index in [9.17, 15) is 14.3 Å². The maximum Gasteiger partial charge on any atom is 0.346 e. The van der Waals surface area contributed by atoms with Gasteiger partial charge in [0.2, 0.25) is 5.88 Å². The lowest BCUT2D eigenvalue weighted by Gasteiger charge is -2.32. The van der Waals surface area contributed by atoms with E-state index in [-0.39, 0.29) is 18.4 Å². The second kappa shape index (κ2) is 11.3. The van der Waals surface area contributed by atoms with Gasteiger partial charge in [-0.25, -0.2) is 24.0 Å². The Morgan fingerprint density at radius 2 is 2.02 bits per heavy atom. The Morgan fingerprint density at radius 1 is 1.20 bits per heavy atom. The molecule has 0 bridgehead atoms. The number of aromatic nitrogens is 3. The monoisotopic (exact) mass is 561 g/mol. The van der Waals surface area contributed by atoms with Gasteiger partial charge in [0.15, 0.2) is 5.69 Å². The van der Waals surface area contributed by atoms with E-state index in [1.54, 1.807) is 24.3 Å². The Morgan fingerprint density at radius 3 is 2.73 bits per heavy atom. The van der Waals surface area contributed by atoms with Gasteiger partial charge in [0.05, 0.1) is 31.3 Å². The summed E-state index contributed by atoms with van der Waals surface area (Å²) in [6.07, 6.45) is 3.02. The van der Waals surface area contributed by atoms with E-state index in [2.05, 4.69) is 14.3 Å². The van der Waals surface area contributed by atoms with Crippen LogP contribution >= 0.6 is 11.3 Å². The molecule has 11 heteroatoms. The summed E-state index contributed by atoms with van der Waals surface area (Å²) in [5.74, 6) is 0.301. The zero-order valence-corrected chi connectivity index (χ0v) is 22.6. The van der Waals surface area contributed by atoms with Gasteiger partial charge in [0.25, 0.3) is 0 Å². The first-order valence-corrected chi connectivity index (χ1v) is 14.1. The molecule has 2 saturated heterocycles. The van der Waals surface area contributed by atoms with Gasteiger partial charge in [-0.1, -0.05) is 18.2 Å². The van der Waals surface area contributed by atoms with Gasteiger partial charge in [-0.15, -0.1) is 11.3 Å². The molecule has 0 radical (unpaired) electrons. The lowest BCUT2D eigenvalue weighted by Crippen LogP contribution is -2.35. The smallest absolute Gasteiger partial charge is 0.346 e. The van der Waals surface area contributed by atoms with Crippen LogP contribution in [0.15, 0.2) is 42.5 Å². The lowest BCUT2D eigenvalue weighted by molar-refractivity contribution is -0.0592. The van der Waals surface area contributed by atoms with E-state index in [1.807, 2.05) is 12.1 Å². The summed E-state index contributed by atoms with van der Waals surface area (Å²) < 4.78 is 27.8. The van der Waals surface area contributed by atoms with Crippen molar-refractivity contribution in [1.29, 1.82) is 0 Å². The van der Waals surface area contributed by atoms with Crippen molar-refractivity contribution in [2.75, 3.05) is 19.7 Å². The largest absolute Gasteiger partial charge is 0.477 e. The standard InChI is InChI=1S/C29H28FN5O4S/c1-31-20-6-5-19(22(30)13-20)17-39-27-4-2-3-23(32-27)18-7-10-34(11-8-18)16-26-33-28-24(14-25(40-28)29(36)37)35(26)15-21-9-12-38-21/h2-6,13-14,18,21H,7-12,15-17H2,(H,36,37)/t21-/m0/s1. The van der Waals surface area contributed by atoms with Crippen molar-refractivity contribution in [1.82, 2.24) is 19.4 Å². The highest BCUT2D eigenvalue weighted by atomic mass is 32.1. The fourth-order valence-corrected chi connectivity index (χ4v) is 6.11. The van der Waals surface area contributed by atoms with Crippen LogP contribution in [0.5, 0.6) is 5.88 Å². The van der Waals surface area contributed by atoms with Crippen LogP contribution in [0.2, 0.25) is 0 Å². The van der Waals surface area contributed by atoms with E-state index in [0.29, 0.717) is 35.3 Å². The molecular formula is C29H28FN5O4S. The number of hydrogen-bond acceptors (Lipinski definition) is 7. The molecule has 0 saturated carbocycles. The normalized spacial score (nSPS) is 17.9. The predicted molar refractivity (Wildman–Crippen MR) is 147 cm³/mol. The summed E-state index contributed by atoms with van der Waals surface area (Å²) in [4.78, 5) is 27.7. The van der Waals surface area contributed by atoms with Crippen molar-refractivity contribution in [3.8, 4) is 5.88 Å². The van der Waals surface area contributed by atoms with Crippen LogP contribution in [-0.2, 0) is 24.4 Å². The minimum atomic E-state index is -0.927. The van der Waals surface area contributed by atoms with Gasteiger partial charge in [-0.3, -0.25) is 4.90 Å². The maximum atomic E-state index is 14.2. The number of piperidine rings is 1. The molecule has 1 atom stereocenters. The number of carbonyl (C=O) groups is 1. The summed E-state index contributed by atoms with van der Waals surface area (Å²) in [5, 5.41) is 9.42. The zero-order chi connectivity index (χ0) is 27.6. The van der Waals surface area contributed by atoms with Gasteiger partial charge in [0.1, 0.15) is 28.0 Å². The average molecular weight is 562 g/mol. The number of ether oxygens (including phenoxy) is 2. The van der Waals surface area contributed by atoms with E-state index in [1.165, 1.54) is 17.4 Å². The molecule has 0 amide bonds. The molecule has 40 heavy (non-hydrogen) atoms. The van der Waals surface area contributed by atoms with Gasteiger partial charge in [-0.05, 0) is 50.6 Å². The van der Waals surface area contributed by atoms with Gasteiger partial charge in [0, 0.05) is 29.8 Å². The number of rotatable bonds is 9. The van der Waals surface area contributed by atoms with Crippen LogP contribution in [-0.4, -0.2) is 56.3 Å². The first-order valence-electron chi connectivity index (χ1n) is 13.3. The summed E-state index contributed by atoms with van der Waals surface area (Å²) in [7, 11) is 0. The highest BCUT2D eigenvalue weighted by Gasteiger charge is 2.27. The van der Waals surface area contributed by atoms with Crippen molar-refractivity contribution < 1.29 is 23.8 Å². The number of carboxylic acids is 1. The predicted octanol–water partition coefficient (Wildman–Crippen LogP) is 5.63. The van der Waals surface area contributed by atoms with Crippen LogP contribution in [0.1, 0.15) is 51.9 Å². The van der Waals surface area contributed by atoms with Crippen molar-refractivity contribution in [3.63, 3.8) is 0 Å². The Balaban J connectivity index is 1.08. The van der Waals surface area contributed by atoms with Crippen LogP contribution < -0.4 is 4.74 Å². The lowest BCUT2D eigenvalue weighted by atomic mass is 9.93. The third-order valence-electron chi connectivity index (χ3n) is 7.57. The number of thiophene rings is 1. The number of likely N-dealkylation sites (tertiary alicyclic amines) is 1. The van der Waals surface area contributed by atoms with Gasteiger partial charge < -0.3 is 19.1 Å². The second-order valence-corrected chi connectivity index (χ2v) is 11.2. The van der Waals surface area contributed by atoms with Gasteiger partial charge >= 0.3 is 5.97 Å². The fraction of sp³-hybridized carbons (Fsp3) is 0.379. The van der Waals surface area contributed by atoms with Crippen molar-refractivity contribution in [2.24, 2.45) is 0 Å². The molecule has 2 fully saturated rings. The summed E-state index contributed by atoms with van der Waals surface area (Å²) in [6, 6.07) is 11.8. The third kappa shape index (κ3) is 5.56. The number of imidazole rings is 1. The first-order chi connectivity index (χ1) is 19.5. The molecule has 0 spiro atoms. The molecule has 6 rings (SSSR count). The number of pyridine rings is 1. The molecule has 0 aliphatic carbocycles. The number of hydrogen-bond donors (Lipinski definition) is 1. The SMILES string of the molecule is [C-]#[N+]c1ccc(COc2cccc(C3CCN(Cc4nc5sc(C(=O)O)cc5n4C[C@@H]4CCO4)CC3)n2)c(F)c1. The molecule has 5 heterocycles. The number of nitrogens with zero attached hydrogens (tertiary/aromatic N) is 5. The molecule has 0 unspecified atom stereocenters. The number of benzene rings is 1. The van der Waals surface area contributed by atoms with Crippen molar-refractivity contribution >= 4 is 33.3 Å². The molecular weight excluding hydrogens is 533 g/mol. The quantitative estimate of drug-likeness (QED) is 0.265. The Labute approximate surface area is 234 Å². The highest BCUT2D eigenvalue weighted by Crippen LogP contribution is 2.32. The van der Waals surface area contributed by atoms with Crippen LogP contribution in [0, 0.1) is 12.4 Å². The summed E-state index contributed by atoms with van der Waals surface area (Å²) in [5.41, 5.74) is 2.47. The van der Waals surface area contributed by atoms with Gasteiger partial charge in [-0.2, -0.15) is 0 Å². The zero-order valence-electron chi connectivity index (χ0n) is 21.8. The maximum absolute atomic E-state index is 14.2. The molecule has 9 nitrogen and oxygen atoms in total. The molecule has 3 aromatic heterocycles. The number of halogens is 1. The molecule has 2 aliphatic rings. The van der Waals surface area contributed by atoms with Crippen molar-refractivity contribution in [2.45, 2.75) is 51.0 Å². The van der Waals surface area contributed by atoms with E-state index < -0.39 is 11.8 Å². The Hall–Kier alpha value is -3.85. The van der Waals surface area contributed by atoms with Crippen LogP contribution in [0.25, 0.3) is 15.2 Å². The van der Waals surface area contributed by atoms with Crippen LogP contribution in [0.3, 0.4) is 0 Å². The van der Waals surface area contributed by atoms with E-state index >= 15 is 0 Å². The number of carboxylic acid groups (broad SMARTS) is 1. The second-order valence-electron chi connectivity index (χ2n) is 10.2. The number of fused-ring (bicyclic) bond motifs is 1. The minimum absolute atomic E-state index is 0.0446. The third-order valence-corrected chi connectivity index (χ3v) is 8.58. The molecule has 1 N–H and O–H groups in total. The van der Waals surface area contributed by atoms with Crippen LogP contribution in [0.4, 0.5) is 10.1 Å². The molecule has 206 valence electrons. The topological polar surface area (TPSA) is 94.1 Å². The van der Waals surface area contributed by atoms with Crippen molar-refractivity contribution in [3.05, 3.63) is 81.7 Å². The molecule has 2 aliphatic heterocycles. The van der Waals surface area contributed by atoms with E-state index in [4.69, 9.17) is 26.0 Å². The molecule has 4 aromatic rings. The first kappa shape index (κ1) is 26.4. The molecule has 1 aromatic carbocycles. The Kier molecular flexibility index (Phi) is 7.47. The highest BCUT2D eigenvalue weighted by molar-refractivity contribution is 7.20. The minimum Gasteiger partial charge on any atom is -0.477 e. The average Bonchev–Trinajstić information content (AvgIpc) is 3.49. The fourth-order valence-electron chi connectivity index (χ4n) is 5.22. The number of aromatic carboxylic acids is 1. The van der Waals surface area contributed by atoms with E-state index in [0.717, 1.165) is 60.8 Å². The summed E-state index contributed by atoms with van der Waals surface area (Å²) in [6.45, 7) is 11.0. The Bertz CT molecular complexity index is 1580. The summed E-state index contributed by atoms with van der Waals surface area (Å²) >= 11 is 1.22.